The maximum Gasteiger partial charge on any atom is 0.306 e. The van der Waals surface area contributed by atoms with Crippen LogP contribution in [0.3, 0.4) is 0 Å². The number of hydrogen-bond acceptors (Lipinski definition) is 6. The Hall–Kier alpha value is -2.89. The third-order valence-corrected chi connectivity index (χ3v) is 10.0. The number of rotatable bonds is 42. The number of hydrogen-bond donors (Lipinski definition) is 0. The zero-order valence-electron chi connectivity index (χ0n) is 37.3. The number of carbonyl (C=O) groups excluding carboxylic acids is 3. The Kier molecular flexibility index (Phi) is 43.5. The van der Waals surface area contributed by atoms with Crippen LogP contribution in [-0.2, 0) is 28.6 Å². The van der Waals surface area contributed by atoms with Crippen molar-refractivity contribution in [3.05, 3.63) is 60.8 Å². The van der Waals surface area contributed by atoms with Gasteiger partial charge in [0, 0.05) is 19.3 Å². The van der Waals surface area contributed by atoms with Crippen molar-refractivity contribution in [2.24, 2.45) is 0 Å². The van der Waals surface area contributed by atoms with E-state index in [4.69, 9.17) is 14.2 Å². The lowest BCUT2D eigenvalue weighted by Gasteiger charge is -2.18. The van der Waals surface area contributed by atoms with Crippen molar-refractivity contribution in [2.45, 2.75) is 232 Å². The second kappa shape index (κ2) is 45.8. The molecule has 0 aromatic rings. The van der Waals surface area contributed by atoms with Gasteiger partial charge in [-0.1, -0.05) is 191 Å². The molecule has 0 aromatic heterocycles. The molecule has 57 heavy (non-hydrogen) atoms. The fourth-order valence-electron chi connectivity index (χ4n) is 6.41. The third kappa shape index (κ3) is 44.1. The molecule has 0 N–H and O–H groups in total. The van der Waals surface area contributed by atoms with Crippen LogP contribution >= 0.6 is 0 Å². The van der Waals surface area contributed by atoms with Gasteiger partial charge in [0.05, 0.1) is 0 Å². The van der Waals surface area contributed by atoms with Crippen LogP contribution in [0.4, 0.5) is 0 Å². The molecule has 1 unspecified atom stereocenters. The molecule has 0 rings (SSSR count). The van der Waals surface area contributed by atoms with Crippen LogP contribution in [0.5, 0.6) is 0 Å². The van der Waals surface area contributed by atoms with E-state index in [1.807, 2.05) is 0 Å². The van der Waals surface area contributed by atoms with Crippen LogP contribution < -0.4 is 0 Å². The standard InChI is InChI=1S/C51H88O6/c1-4-7-10-13-16-19-22-24-25-27-29-32-35-38-41-44-50(53)56-47-48(46-55-49(52)43-40-37-34-31-28-21-18-15-12-9-6-3)57-51(54)45-42-39-36-33-30-26-23-20-17-14-11-8-5-2/h7,10,15-16,18-19,24-25,29,32,48H,4-6,8-9,11-14,17,20-23,26-28,30-31,33-47H2,1-3H3/b10-7-,18-15-,19-16-,25-24-,32-29-. The van der Waals surface area contributed by atoms with Crippen LogP contribution in [0.25, 0.3) is 0 Å². The quantitative estimate of drug-likeness (QED) is 0.0265. The van der Waals surface area contributed by atoms with Gasteiger partial charge in [-0.3, -0.25) is 14.4 Å². The molecule has 0 spiro atoms. The first-order valence-corrected chi connectivity index (χ1v) is 23.8. The summed E-state index contributed by atoms with van der Waals surface area (Å²) < 4.78 is 16.7. The molecular formula is C51H88O6. The average molecular weight is 797 g/mol. The number of carbonyl (C=O) groups is 3. The summed E-state index contributed by atoms with van der Waals surface area (Å²) in [7, 11) is 0. The first-order valence-electron chi connectivity index (χ1n) is 23.8. The highest BCUT2D eigenvalue weighted by Crippen LogP contribution is 2.14. The van der Waals surface area contributed by atoms with Gasteiger partial charge in [-0.2, -0.15) is 0 Å². The Morgan fingerprint density at radius 2 is 0.702 bits per heavy atom. The van der Waals surface area contributed by atoms with Crippen molar-refractivity contribution in [3.63, 3.8) is 0 Å². The van der Waals surface area contributed by atoms with Crippen molar-refractivity contribution in [1.29, 1.82) is 0 Å². The number of esters is 3. The number of unbranched alkanes of at least 4 members (excludes halogenated alkanes) is 21. The van der Waals surface area contributed by atoms with E-state index in [1.54, 1.807) is 0 Å². The highest BCUT2D eigenvalue weighted by atomic mass is 16.6. The largest absolute Gasteiger partial charge is 0.462 e. The van der Waals surface area contributed by atoms with Crippen LogP contribution in [0.15, 0.2) is 60.8 Å². The lowest BCUT2D eigenvalue weighted by atomic mass is 10.0. The van der Waals surface area contributed by atoms with E-state index in [2.05, 4.69) is 81.5 Å². The first kappa shape index (κ1) is 54.1. The van der Waals surface area contributed by atoms with Crippen molar-refractivity contribution in [2.75, 3.05) is 13.2 Å². The van der Waals surface area contributed by atoms with Gasteiger partial charge in [-0.25, -0.2) is 0 Å². The molecule has 0 fully saturated rings. The van der Waals surface area contributed by atoms with Gasteiger partial charge in [0.2, 0.25) is 0 Å². The van der Waals surface area contributed by atoms with Gasteiger partial charge < -0.3 is 14.2 Å². The lowest BCUT2D eigenvalue weighted by Crippen LogP contribution is -2.30. The minimum absolute atomic E-state index is 0.0906. The normalized spacial score (nSPS) is 12.5. The fraction of sp³-hybridized carbons (Fsp3) is 0.745. The van der Waals surface area contributed by atoms with Crippen LogP contribution in [-0.4, -0.2) is 37.2 Å². The lowest BCUT2D eigenvalue weighted by molar-refractivity contribution is -0.167. The fourth-order valence-corrected chi connectivity index (χ4v) is 6.41. The number of allylic oxidation sites excluding steroid dienone is 10. The summed E-state index contributed by atoms with van der Waals surface area (Å²) in [5.74, 6) is -0.942. The first-order chi connectivity index (χ1) is 28.0. The Labute approximate surface area is 351 Å². The highest BCUT2D eigenvalue weighted by molar-refractivity contribution is 5.71. The summed E-state index contributed by atoms with van der Waals surface area (Å²) >= 11 is 0. The molecule has 0 aliphatic rings. The molecule has 0 amide bonds. The molecule has 6 heteroatoms. The molecular weight excluding hydrogens is 709 g/mol. The SMILES string of the molecule is CC/C=C\C/C=C\C/C=C\C/C=C\CCCCC(=O)OCC(COC(=O)CCCCCCC/C=C\CCCC)OC(=O)CCCCCCCCCCCCCCC. The minimum atomic E-state index is -0.790. The molecule has 0 saturated carbocycles. The summed E-state index contributed by atoms with van der Waals surface area (Å²) in [6.45, 7) is 6.43. The van der Waals surface area contributed by atoms with Gasteiger partial charge >= 0.3 is 17.9 Å². The summed E-state index contributed by atoms with van der Waals surface area (Å²) in [5, 5.41) is 0. The zero-order valence-corrected chi connectivity index (χ0v) is 37.3. The Bertz CT molecular complexity index is 1050. The van der Waals surface area contributed by atoms with E-state index < -0.39 is 6.10 Å². The van der Waals surface area contributed by atoms with Crippen molar-refractivity contribution in [1.82, 2.24) is 0 Å². The monoisotopic (exact) mass is 797 g/mol. The zero-order chi connectivity index (χ0) is 41.5. The van der Waals surface area contributed by atoms with Gasteiger partial charge in [-0.05, 0) is 77.0 Å². The van der Waals surface area contributed by atoms with Gasteiger partial charge in [0.1, 0.15) is 13.2 Å². The molecule has 0 bridgehead atoms. The molecule has 0 saturated heterocycles. The Balaban J connectivity index is 4.44. The molecule has 328 valence electrons. The maximum atomic E-state index is 12.7. The predicted octanol–water partition coefficient (Wildman–Crippen LogP) is 15.3. The molecule has 0 aliphatic carbocycles. The van der Waals surface area contributed by atoms with E-state index in [-0.39, 0.29) is 31.1 Å². The molecule has 1 atom stereocenters. The third-order valence-electron chi connectivity index (χ3n) is 10.0. The minimum Gasteiger partial charge on any atom is -0.462 e. The second-order valence-corrected chi connectivity index (χ2v) is 15.6. The molecule has 0 heterocycles. The summed E-state index contributed by atoms with van der Waals surface area (Å²) in [6.07, 6.45) is 54.9. The smallest absolute Gasteiger partial charge is 0.306 e. The van der Waals surface area contributed by atoms with Gasteiger partial charge in [-0.15, -0.1) is 0 Å². The second-order valence-electron chi connectivity index (χ2n) is 15.6. The summed E-state index contributed by atoms with van der Waals surface area (Å²) in [4.78, 5) is 37.8. The molecule has 0 radical (unpaired) electrons. The maximum absolute atomic E-state index is 12.7. The predicted molar refractivity (Wildman–Crippen MR) is 242 cm³/mol. The average Bonchev–Trinajstić information content (AvgIpc) is 3.21. The topological polar surface area (TPSA) is 78.9 Å². The molecule has 6 nitrogen and oxygen atoms in total. The Morgan fingerprint density at radius 3 is 1.18 bits per heavy atom. The van der Waals surface area contributed by atoms with Crippen molar-refractivity contribution >= 4 is 17.9 Å². The van der Waals surface area contributed by atoms with E-state index in [0.29, 0.717) is 19.3 Å². The van der Waals surface area contributed by atoms with E-state index in [1.165, 1.54) is 96.3 Å². The summed E-state index contributed by atoms with van der Waals surface area (Å²) in [6, 6.07) is 0. The van der Waals surface area contributed by atoms with E-state index in [9.17, 15) is 14.4 Å². The number of ether oxygens (including phenoxy) is 3. The molecule has 0 aliphatic heterocycles. The van der Waals surface area contributed by atoms with Crippen molar-refractivity contribution < 1.29 is 28.6 Å². The molecule has 0 aromatic carbocycles. The van der Waals surface area contributed by atoms with Crippen LogP contribution in [0, 0.1) is 0 Å². The van der Waals surface area contributed by atoms with Crippen LogP contribution in [0.1, 0.15) is 226 Å². The van der Waals surface area contributed by atoms with E-state index in [0.717, 1.165) is 89.9 Å². The van der Waals surface area contributed by atoms with Gasteiger partial charge in [0.25, 0.3) is 0 Å². The van der Waals surface area contributed by atoms with Crippen LogP contribution in [0.2, 0.25) is 0 Å². The Morgan fingerprint density at radius 1 is 0.368 bits per heavy atom. The highest BCUT2D eigenvalue weighted by Gasteiger charge is 2.19. The van der Waals surface area contributed by atoms with Gasteiger partial charge in [0.15, 0.2) is 6.10 Å². The van der Waals surface area contributed by atoms with Crippen molar-refractivity contribution in [3.8, 4) is 0 Å². The summed E-state index contributed by atoms with van der Waals surface area (Å²) in [5.41, 5.74) is 0. The van der Waals surface area contributed by atoms with E-state index >= 15 is 0 Å².